The summed E-state index contributed by atoms with van der Waals surface area (Å²) in [6.07, 6.45) is 0.551. The van der Waals surface area contributed by atoms with E-state index >= 15 is 0 Å². The topological polar surface area (TPSA) is 68.0 Å². The average molecular weight is 368 g/mol. The third kappa shape index (κ3) is 3.90. The minimum absolute atomic E-state index is 0.202. The largest absolute Gasteiger partial charge is 0.421 e. The molecule has 2 aromatic heterocycles. The Morgan fingerprint density at radius 2 is 2.13 bits per heavy atom. The molecule has 0 spiro atoms. The second-order valence-corrected chi connectivity index (χ2v) is 6.23. The summed E-state index contributed by atoms with van der Waals surface area (Å²) in [5, 5.41) is 15.2. The lowest BCUT2D eigenvalue weighted by Gasteiger charge is -2.07. The summed E-state index contributed by atoms with van der Waals surface area (Å²) in [5.41, 5.74) is 1.36. The van der Waals surface area contributed by atoms with Crippen LogP contribution >= 0.6 is 34.5 Å². The number of benzene rings is 1. The van der Waals surface area contributed by atoms with Gasteiger partial charge in [0.1, 0.15) is 0 Å². The summed E-state index contributed by atoms with van der Waals surface area (Å²) in [4.78, 5) is 12.0. The van der Waals surface area contributed by atoms with Crippen molar-refractivity contribution in [3.63, 3.8) is 0 Å². The zero-order valence-corrected chi connectivity index (χ0v) is 14.1. The van der Waals surface area contributed by atoms with Crippen molar-refractivity contribution >= 4 is 46.1 Å². The molecular formula is C15H11Cl2N3O2S. The second-order valence-electron chi connectivity index (χ2n) is 4.66. The predicted octanol–water partition coefficient (Wildman–Crippen LogP) is 4.68. The van der Waals surface area contributed by atoms with Crippen LogP contribution in [-0.4, -0.2) is 16.1 Å². The van der Waals surface area contributed by atoms with Crippen molar-refractivity contribution in [2.75, 3.05) is 5.32 Å². The molecule has 0 saturated heterocycles. The van der Waals surface area contributed by atoms with Crippen LogP contribution in [-0.2, 0) is 11.2 Å². The Kier molecular flexibility index (Phi) is 4.95. The molecule has 0 saturated carbocycles. The van der Waals surface area contributed by atoms with E-state index in [1.54, 1.807) is 29.5 Å². The molecule has 1 amide bonds. The van der Waals surface area contributed by atoms with Crippen molar-refractivity contribution in [1.82, 2.24) is 10.2 Å². The molecule has 0 unspecified atom stereocenters. The second kappa shape index (κ2) is 7.12. The minimum Gasteiger partial charge on any atom is -0.421 e. The van der Waals surface area contributed by atoms with E-state index < -0.39 is 0 Å². The number of hydrogen-bond donors (Lipinski definition) is 1. The van der Waals surface area contributed by atoms with Crippen LogP contribution in [0.4, 0.5) is 5.69 Å². The number of amides is 1. The quantitative estimate of drug-likeness (QED) is 0.710. The maximum absolute atomic E-state index is 12.0. The van der Waals surface area contributed by atoms with Crippen LogP contribution in [0.5, 0.6) is 0 Å². The molecule has 2 heterocycles. The van der Waals surface area contributed by atoms with Gasteiger partial charge in [0.05, 0.1) is 15.7 Å². The van der Waals surface area contributed by atoms with Gasteiger partial charge >= 0.3 is 0 Å². The zero-order valence-electron chi connectivity index (χ0n) is 11.8. The van der Waals surface area contributed by atoms with Crippen molar-refractivity contribution in [3.05, 3.63) is 51.0 Å². The number of rotatable bonds is 5. The molecule has 3 rings (SSSR count). The minimum atomic E-state index is -0.204. The van der Waals surface area contributed by atoms with Crippen molar-refractivity contribution in [2.45, 2.75) is 12.8 Å². The van der Waals surface area contributed by atoms with Gasteiger partial charge in [-0.25, -0.2) is 0 Å². The van der Waals surface area contributed by atoms with E-state index in [1.807, 2.05) is 16.8 Å². The van der Waals surface area contributed by atoms with E-state index in [4.69, 9.17) is 27.6 Å². The molecule has 0 bridgehead atoms. The molecule has 23 heavy (non-hydrogen) atoms. The number of carbonyl (C=O) groups excluding carboxylic acids is 1. The van der Waals surface area contributed by atoms with E-state index in [1.165, 1.54) is 0 Å². The fraction of sp³-hybridized carbons (Fsp3) is 0.133. The highest BCUT2D eigenvalue weighted by Crippen LogP contribution is 2.29. The number of aromatic nitrogens is 2. The highest BCUT2D eigenvalue weighted by atomic mass is 35.5. The van der Waals surface area contributed by atoms with Gasteiger partial charge in [0, 0.05) is 23.8 Å². The lowest BCUT2D eigenvalue weighted by atomic mass is 10.2. The monoisotopic (exact) mass is 367 g/mol. The normalized spacial score (nSPS) is 10.7. The highest BCUT2D eigenvalue weighted by molar-refractivity contribution is 7.08. The summed E-state index contributed by atoms with van der Waals surface area (Å²) in [6.45, 7) is 0. The summed E-state index contributed by atoms with van der Waals surface area (Å²) in [6, 6.07) is 6.96. The van der Waals surface area contributed by atoms with Crippen molar-refractivity contribution in [1.29, 1.82) is 0 Å². The van der Waals surface area contributed by atoms with E-state index in [2.05, 4.69) is 15.5 Å². The van der Waals surface area contributed by atoms with Crippen molar-refractivity contribution in [3.8, 4) is 11.5 Å². The molecule has 8 heteroatoms. The molecule has 118 valence electrons. The first-order chi connectivity index (χ1) is 11.1. The number of halogens is 2. The molecule has 0 aliphatic rings. The van der Waals surface area contributed by atoms with Crippen LogP contribution in [0.25, 0.3) is 11.5 Å². The highest BCUT2D eigenvalue weighted by Gasteiger charge is 2.12. The van der Waals surface area contributed by atoms with Crippen LogP contribution in [0.15, 0.2) is 39.4 Å². The van der Waals surface area contributed by atoms with E-state index in [0.29, 0.717) is 33.9 Å². The predicted molar refractivity (Wildman–Crippen MR) is 91.0 cm³/mol. The number of aryl methyl sites for hydroxylation is 1. The number of thiophene rings is 1. The molecule has 0 aliphatic heterocycles. The van der Waals surface area contributed by atoms with Gasteiger partial charge in [0.15, 0.2) is 0 Å². The first kappa shape index (κ1) is 16.0. The molecule has 0 atom stereocenters. The molecule has 3 aromatic rings. The van der Waals surface area contributed by atoms with Gasteiger partial charge in [0.2, 0.25) is 17.7 Å². The van der Waals surface area contributed by atoms with Gasteiger partial charge in [-0.2, -0.15) is 11.3 Å². The summed E-state index contributed by atoms with van der Waals surface area (Å²) >= 11 is 13.5. The lowest BCUT2D eigenvalue weighted by Crippen LogP contribution is -2.12. The van der Waals surface area contributed by atoms with Gasteiger partial charge in [-0.05, 0) is 23.6 Å². The van der Waals surface area contributed by atoms with Crippen LogP contribution in [0.3, 0.4) is 0 Å². The van der Waals surface area contributed by atoms with Crippen molar-refractivity contribution in [2.24, 2.45) is 0 Å². The van der Waals surface area contributed by atoms with E-state index in [0.717, 1.165) is 5.56 Å². The summed E-state index contributed by atoms with van der Waals surface area (Å²) in [7, 11) is 0. The fourth-order valence-electron chi connectivity index (χ4n) is 1.89. The Labute approximate surface area is 146 Å². The Hall–Kier alpha value is -1.89. The molecule has 0 aliphatic carbocycles. The SMILES string of the molecule is O=C(CCc1nnc(-c2ccsc2)o1)Nc1cccc(Cl)c1Cl. The van der Waals surface area contributed by atoms with Gasteiger partial charge in [-0.15, -0.1) is 10.2 Å². The average Bonchev–Trinajstić information content (AvgIpc) is 3.20. The van der Waals surface area contributed by atoms with Crippen molar-refractivity contribution < 1.29 is 9.21 Å². The van der Waals surface area contributed by atoms with E-state index in [9.17, 15) is 4.79 Å². The van der Waals surface area contributed by atoms with Crippen LogP contribution in [0.2, 0.25) is 10.0 Å². The number of anilines is 1. The third-order valence-electron chi connectivity index (χ3n) is 3.03. The third-order valence-corrected chi connectivity index (χ3v) is 4.53. The molecule has 1 N–H and O–H groups in total. The number of hydrogen-bond acceptors (Lipinski definition) is 5. The Morgan fingerprint density at radius 3 is 2.91 bits per heavy atom. The Morgan fingerprint density at radius 1 is 1.26 bits per heavy atom. The number of nitrogens with one attached hydrogen (secondary N) is 1. The fourth-order valence-corrected chi connectivity index (χ4v) is 2.87. The smallest absolute Gasteiger partial charge is 0.248 e. The van der Waals surface area contributed by atoms with E-state index in [-0.39, 0.29) is 12.3 Å². The first-order valence-electron chi connectivity index (χ1n) is 6.72. The zero-order chi connectivity index (χ0) is 16.2. The standard InChI is InChI=1S/C15H11Cl2N3O2S/c16-10-2-1-3-11(14(10)17)18-12(21)4-5-13-19-20-15(22-13)9-6-7-23-8-9/h1-3,6-8H,4-5H2,(H,18,21). The van der Waals surface area contributed by atoms with Gasteiger partial charge < -0.3 is 9.73 Å². The maximum Gasteiger partial charge on any atom is 0.248 e. The lowest BCUT2D eigenvalue weighted by molar-refractivity contribution is -0.116. The van der Waals surface area contributed by atoms with Gasteiger partial charge in [-0.1, -0.05) is 29.3 Å². The molecule has 5 nitrogen and oxygen atoms in total. The maximum atomic E-state index is 12.0. The summed E-state index contributed by atoms with van der Waals surface area (Å²) < 4.78 is 5.53. The Balaban J connectivity index is 1.58. The summed E-state index contributed by atoms with van der Waals surface area (Å²) in [5.74, 6) is 0.669. The number of carbonyl (C=O) groups is 1. The Bertz CT molecular complexity index is 818. The van der Waals surface area contributed by atoms with Crippen LogP contribution < -0.4 is 5.32 Å². The van der Waals surface area contributed by atoms with Gasteiger partial charge in [-0.3, -0.25) is 4.79 Å². The van der Waals surface area contributed by atoms with Crippen LogP contribution in [0.1, 0.15) is 12.3 Å². The van der Waals surface area contributed by atoms with Gasteiger partial charge in [0.25, 0.3) is 0 Å². The molecular weight excluding hydrogens is 357 g/mol. The first-order valence-corrected chi connectivity index (χ1v) is 8.42. The number of nitrogens with zero attached hydrogens (tertiary/aromatic N) is 2. The molecule has 0 radical (unpaired) electrons. The molecule has 1 aromatic carbocycles. The van der Waals surface area contributed by atoms with Crippen LogP contribution in [0, 0.1) is 0 Å². The molecule has 0 fully saturated rings.